The standard InChI is InChI=1S/C29H47N7.CH2O2/c1-6-15-35(16-7-2)18-9-8-17-33(4)22-27-11-10-26(20-25(27)3)21-36(23-28-30-12-13-31-28)24-29-32-14-19-34(29)5;2-1-3/h10-14,19-20H,6-9,15-18,21-24H2,1-5H3,(H,30,31);1H,(H,2,3). The Morgan fingerprint density at radius 3 is 2.26 bits per heavy atom. The highest BCUT2D eigenvalue weighted by atomic mass is 16.3. The van der Waals surface area contributed by atoms with Gasteiger partial charge in [-0.05, 0) is 82.5 Å². The van der Waals surface area contributed by atoms with Crippen molar-refractivity contribution in [2.45, 2.75) is 72.6 Å². The zero-order chi connectivity index (χ0) is 28.5. The fourth-order valence-corrected chi connectivity index (χ4v) is 4.86. The summed E-state index contributed by atoms with van der Waals surface area (Å²) in [7, 11) is 4.30. The minimum Gasteiger partial charge on any atom is -0.483 e. The van der Waals surface area contributed by atoms with Crippen LogP contribution in [0.25, 0.3) is 0 Å². The second-order valence-electron chi connectivity index (χ2n) is 10.3. The molecule has 1 aromatic carbocycles. The average Bonchev–Trinajstić information content (AvgIpc) is 3.56. The number of aromatic amines is 1. The van der Waals surface area contributed by atoms with Crippen molar-refractivity contribution in [3.8, 4) is 0 Å². The van der Waals surface area contributed by atoms with Crippen LogP contribution in [0.4, 0.5) is 0 Å². The summed E-state index contributed by atoms with van der Waals surface area (Å²) in [6, 6.07) is 6.96. The molecule has 0 saturated heterocycles. The van der Waals surface area contributed by atoms with Crippen LogP contribution in [-0.4, -0.2) is 79.0 Å². The van der Waals surface area contributed by atoms with Crippen molar-refractivity contribution in [1.29, 1.82) is 0 Å². The molecule has 0 atom stereocenters. The maximum Gasteiger partial charge on any atom is 0.290 e. The predicted octanol–water partition coefficient (Wildman–Crippen LogP) is 4.69. The Bertz CT molecular complexity index is 1050. The summed E-state index contributed by atoms with van der Waals surface area (Å²) in [5.41, 5.74) is 4.11. The smallest absolute Gasteiger partial charge is 0.290 e. The quantitative estimate of drug-likeness (QED) is 0.190. The summed E-state index contributed by atoms with van der Waals surface area (Å²) < 4.78 is 2.09. The first-order chi connectivity index (χ1) is 18.9. The van der Waals surface area contributed by atoms with Gasteiger partial charge in [0, 0.05) is 44.9 Å². The molecule has 0 unspecified atom stereocenters. The fraction of sp³-hybridized carbons (Fsp3) is 0.567. The van der Waals surface area contributed by atoms with Gasteiger partial charge in [0.05, 0.1) is 13.1 Å². The molecule has 0 radical (unpaired) electrons. The molecule has 0 aliphatic rings. The largest absolute Gasteiger partial charge is 0.483 e. The first kappa shape index (κ1) is 32.2. The second-order valence-corrected chi connectivity index (χ2v) is 10.3. The molecule has 3 aromatic rings. The van der Waals surface area contributed by atoms with Crippen molar-refractivity contribution in [1.82, 2.24) is 34.2 Å². The highest BCUT2D eigenvalue weighted by Crippen LogP contribution is 2.17. The van der Waals surface area contributed by atoms with Crippen molar-refractivity contribution in [2.24, 2.45) is 7.05 Å². The number of H-pyrrole nitrogens is 1. The normalized spacial score (nSPS) is 11.3. The van der Waals surface area contributed by atoms with Crippen LogP contribution in [0.1, 0.15) is 67.9 Å². The first-order valence-electron chi connectivity index (χ1n) is 14.1. The SMILES string of the molecule is CCCN(CCC)CCCCN(C)Cc1ccc(CN(Cc2ncc[nH]2)Cc2nccn2C)cc1C.O=CO. The topological polar surface area (TPSA) is 93.5 Å². The van der Waals surface area contributed by atoms with E-state index in [0.717, 1.165) is 44.4 Å². The number of benzene rings is 1. The van der Waals surface area contributed by atoms with E-state index in [2.05, 4.69) is 87.3 Å². The molecular weight excluding hydrogens is 490 g/mol. The van der Waals surface area contributed by atoms with Crippen molar-refractivity contribution in [2.75, 3.05) is 33.2 Å². The van der Waals surface area contributed by atoms with Gasteiger partial charge in [0.25, 0.3) is 6.47 Å². The highest BCUT2D eigenvalue weighted by Gasteiger charge is 2.13. The first-order valence-corrected chi connectivity index (χ1v) is 14.1. The molecule has 0 saturated carbocycles. The minimum absolute atomic E-state index is 0.250. The summed E-state index contributed by atoms with van der Waals surface area (Å²) in [5.74, 6) is 2.04. The van der Waals surface area contributed by atoms with E-state index in [4.69, 9.17) is 9.90 Å². The molecule has 0 spiro atoms. The molecule has 0 amide bonds. The maximum atomic E-state index is 8.36. The number of rotatable bonds is 17. The number of aromatic nitrogens is 4. The van der Waals surface area contributed by atoms with Gasteiger partial charge >= 0.3 is 0 Å². The van der Waals surface area contributed by atoms with E-state index >= 15 is 0 Å². The Labute approximate surface area is 234 Å². The lowest BCUT2D eigenvalue weighted by Gasteiger charge is -2.23. The molecule has 2 heterocycles. The van der Waals surface area contributed by atoms with Crippen molar-refractivity contribution < 1.29 is 9.90 Å². The molecule has 0 bridgehead atoms. The van der Waals surface area contributed by atoms with Crippen molar-refractivity contribution in [3.63, 3.8) is 0 Å². The summed E-state index contributed by atoms with van der Waals surface area (Å²) in [6.45, 7) is 14.8. The lowest BCUT2D eigenvalue weighted by Crippen LogP contribution is -2.27. The van der Waals surface area contributed by atoms with Gasteiger partial charge in [0.2, 0.25) is 0 Å². The van der Waals surface area contributed by atoms with E-state index in [1.54, 1.807) is 0 Å². The number of imidazole rings is 2. The maximum absolute atomic E-state index is 8.36. The number of carbonyl (C=O) groups is 1. The van der Waals surface area contributed by atoms with E-state index in [0.29, 0.717) is 0 Å². The number of aryl methyl sites for hydroxylation is 2. The monoisotopic (exact) mass is 539 g/mol. The zero-order valence-corrected chi connectivity index (χ0v) is 24.6. The Morgan fingerprint density at radius 1 is 0.949 bits per heavy atom. The number of hydrogen-bond donors (Lipinski definition) is 2. The lowest BCUT2D eigenvalue weighted by molar-refractivity contribution is -0.122. The predicted molar refractivity (Wildman–Crippen MR) is 157 cm³/mol. The molecule has 9 heteroatoms. The van der Waals surface area contributed by atoms with Gasteiger partial charge in [-0.15, -0.1) is 0 Å². The second kappa shape index (κ2) is 18.3. The molecule has 2 N–H and O–H groups in total. The molecule has 0 aliphatic carbocycles. The van der Waals surface area contributed by atoms with E-state index in [-0.39, 0.29) is 6.47 Å². The third kappa shape index (κ3) is 12.1. The van der Waals surface area contributed by atoms with Gasteiger partial charge in [-0.2, -0.15) is 0 Å². The van der Waals surface area contributed by atoms with Crippen LogP contribution in [0.2, 0.25) is 0 Å². The van der Waals surface area contributed by atoms with Gasteiger partial charge in [-0.3, -0.25) is 9.69 Å². The number of carboxylic acid groups (broad SMARTS) is 1. The third-order valence-electron chi connectivity index (χ3n) is 6.81. The van der Waals surface area contributed by atoms with E-state index in [1.807, 2.05) is 24.8 Å². The average molecular weight is 540 g/mol. The summed E-state index contributed by atoms with van der Waals surface area (Å²) in [5, 5.41) is 6.89. The molecule has 3 rings (SSSR count). The summed E-state index contributed by atoms with van der Waals surface area (Å²) >= 11 is 0. The number of hydrogen-bond acceptors (Lipinski definition) is 6. The van der Waals surface area contributed by atoms with Gasteiger partial charge in [0.1, 0.15) is 11.6 Å². The Kier molecular flexibility index (Phi) is 15.1. The van der Waals surface area contributed by atoms with Crippen LogP contribution >= 0.6 is 0 Å². The molecule has 39 heavy (non-hydrogen) atoms. The van der Waals surface area contributed by atoms with Crippen LogP contribution in [0.3, 0.4) is 0 Å². The summed E-state index contributed by atoms with van der Waals surface area (Å²) in [4.78, 5) is 28.0. The Hall–Kier alpha value is -3.01. The van der Waals surface area contributed by atoms with Crippen LogP contribution in [-0.2, 0) is 38.0 Å². The zero-order valence-electron chi connectivity index (χ0n) is 24.6. The number of nitrogens with zero attached hydrogens (tertiary/aromatic N) is 6. The van der Waals surface area contributed by atoms with Crippen LogP contribution < -0.4 is 0 Å². The van der Waals surface area contributed by atoms with Gasteiger partial charge in [-0.25, -0.2) is 9.97 Å². The molecule has 0 fully saturated rings. The van der Waals surface area contributed by atoms with Crippen LogP contribution in [0.15, 0.2) is 43.0 Å². The van der Waals surface area contributed by atoms with Crippen molar-refractivity contribution >= 4 is 6.47 Å². The van der Waals surface area contributed by atoms with Crippen LogP contribution in [0.5, 0.6) is 0 Å². The molecule has 216 valence electrons. The summed E-state index contributed by atoms with van der Waals surface area (Å²) in [6.07, 6.45) is 12.6. The molecule has 0 aliphatic heterocycles. The van der Waals surface area contributed by atoms with E-state index in [1.165, 1.54) is 62.0 Å². The lowest BCUT2D eigenvalue weighted by atomic mass is 10.0. The van der Waals surface area contributed by atoms with Crippen LogP contribution in [0, 0.1) is 6.92 Å². The van der Waals surface area contributed by atoms with Crippen molar-refractivity contribution in [3.05, 3.63) is 71.3 Å². The van der Waals surface area contributed by atoms with E-state index < -0.39 is 0 Å². The molecule has 2 aromatic heterocycles. The minimum atomic E-state index is -0.250. The molecule has 9 nitrogen and oxygen atoms in total. The highest BCUT2D eigenvalue weighted by molar-refractivity contribution is 5.32. The Morgan fingerprint density at radius 2 is 1.67 bits per heavy atom. The third-order valence-corrected chi connectivity index (χ3v) is 6.81. The number of nitrogens with one attached hydrogen (secondary N) is 1. The van der Waals surface area contributed by atoms with E-state index in [9.17, 15) is 0 Å². The van der Waals surface area contributed by atoms with Gasteiger partial charge in [0.15, 0.2) is 0 Å². The number of unbranched alkanes of at least 4 members (excludes halogenated alkanes) is 1. The Balaban J connectivity index is 0.00000170. The van der Waals surface area contributed by atoms with Gasteiger partial charge in [-0.1, -0.05) is 32.0 Å². The molecular formula is C30H49N7O2. The van der Waals surface area contributed by atoms with Gasteiger partial charge < -0.3 is 24.5 Å². The fourth-order valence-electron chi connectivity index (χ4n) is 4.86.